The molecule has 0 spiro atoms. The van der Waals surface area contributed by atoms with Crippen molar-refractivity contribution in [2.45, 2.75) is 53.9 Å². The van der Waals surface area contributed by atoms with Crippen LogP contribution in [0.2, 0.25) is 0 Å². The van der Waals surface area contributed by atoms with Gasteiger partial charge in [0.15, 0.2) is 0 Å². The summed E-state index contributed by atoms with van der Waals surface area (Å²) in [6.07, 6.45) is 3.55. The quantitative estimate of drug-likeness (QED) is 0.511. The van der Waals surface area contributed by atoms with Gasteiger partial charge < -0.3 is 10.7 Å². The average molecular weight is 369 g/mol. The molecular weight excluding hydrogens is 344 g/mol. The van der Waals surface area contributed by atoms with Crippen molar-refractivity contribution < 1.29 is 25.8 Å². The molecule has 0 aliphatic carbocycles. The molecule has 0 bridgehead atoms. The minimum atomic E-state index is 0. The van der Waals surface area contributed by atoms with Crippen LogP contribution in [0.1, 0.15) is 53.9 Å². The fourth-order valence-electron chi connectivity index (χ4n) is 1.08. The van der Waals surface area contributed by atoms with E-state index in [2.05, 4.69) is 34.6 Å². The Morgan fingerprint density at radius 2 is 1.64 bits per heavy atom. The van der Waals surface area contributed by atoms with E-state index in [0.717, 1.165) is 19.6 Å². The van der Waals surface area contributed by atoms with Crippen LogP contribution in [0, 0.1) is 11.3 Å². The van der Waals surface area contributed by atoms with E-state index in [1.54, 1.807) is 0 Å². The number of hydrogen-bond donors (Lipinski definition) is 0. The summed E-state index contributed by atoms with van der Waals surface area (Å²) in [6, 6.07) is 0. The van der Waals surface area contributed by atoms with Crippen molar-refractivity contribution in [2.75, 3.05) is 13.2 Å². The number of rotatable bonds is 6. The zero-order valence-electron chi connectivity index (χ0n) is 10.4. The summed E-state index contributed by atoms with van der Waals surface area (Å²) in [5.74, 6) is 1.45. The van der Waals surface area contributed by atoms with Crippen LogP contribution < -0.4 is 0 Å². The van der Waals surface area contributed by atoms with Crippen molar-refractivity contribution in [3.05, 3.63) is 5.92 Å². The van der Waals surface area contributed by atoms with E-state index in [4.69, 9.17) is 4.74 Å². The molecule has 86 valence electrons. The van der Waals surface area contributed by atoms with Gasteiger partial charge in [-0.1, -0.05) is 20.8 Å². The van der Waals surface area contributed by atoms with Gasteiger partial charge in [-0.3, -0.25) is 0 Å². The fraction of sp³-hybridized carbons (Fsp3) is 0.917. The van der Waals surface area contributed by atoms with Crippen LogP contribution in [0.3, 0.4) is 0 Å². The number of ether oxygens (including phenoxy) is 1. The molecule has 0 N–H and O–H groups in total. The standard InChI is InChI=1S/C12H25O.W/c1-11(2)7-10-13-9-6-8-12(3,4)5;/h6-10H2,1-5H3;/q-1;. The summed E-state index contributed by atoms with van der Waals surface area (Å²) >= 11 is 0. The van der Waals surface area contributed by atoms with E-state index in [1.165, 1.54) is 18.8 Å². The molecule has 0 aliphatic rings. The first-order valence-electron chi connectivity index (χ1n) is 5.28. The second-order valence-electron chi connectivity index (χ2n) is 5.23. The molecule has 0 aromatic carbocycles. The van der Waals surface area contributed by atoms with E-state index in [1.807, 2.05) is 0 Å². The molecule has 1 nitrogen and oxygen atoms in total. The third kappa shape index (κ3) is 15.1. The molecule has 0 unspecified atom stereocenters. The van der Waals surface area contributed by atoms with Crippen LogP contribution in [0.4, 0.5) is 0 Å². The zero-order valence-corrected chi connectivity index (χ0v) is 13.3. The smallest absolute Gasteiger partial charge is 0.0464 e. The summed E-state index contributed by atoms with van der Waals surface area (Å²) in [5.41, 5.74) is 0.455. The first-order chi connectivity index (χ1) is 5.92. The fourth-order valence-corrected chi connectivity index (χ4v) is 1.08. The largest absolute Gasteiger partial charge is 0.384 e. The molecule has 0 saturated carbocycles. The molecule has 2 heteroatoms. The Morgan fingerprint density at radius 3 is 2.07 bits per heavy atom. The molecule has 0 amide bonds. The van der Waals surface area contributed by atoms with Crippen LogP contribution >= 0.6 is 0 Å². The normalized spacial score (nSPS) is 11.6. The molecule has 0 radical (unpaired) electrons. The average Bonchev–Trinajstić information content (AvgIpc) is 1.93. The van der Waals surface area contributed by atoms with E-state index in [9.17, 15) is 0 Å². The van der Waals surface area contributed by atoms with Crippen LogP contribution in [-0.2, 0) is 25.8 Å². The minimum absolute atomic E-state index is 0. The predicted octanol–water partition coefficient (Wildman–Crippen LogP) is 3.83. The van der Waals surface area contributed by atoms with Gasteiger partial charge in [0.1, 0.15) is 0 Å². The second-order valence-corrected chi connectivity index (χ2v) is 5.23. The van der Waals surface area contributed by atoms with E-state index >= 15 is 0 Å². The van der Waals surface area contributed by atoms with Crippen molar-refractivity contribution in [1.29, 1.82) is 0 Å². The first kappa shape index (κ1) is 17.1. The molecule has 0 heterocycles. The van der Waals surface area contributed by atoms with E-state index in [-0.39, 0.29) is 21.1 Å². The van der Waals surface area contributed by atoms with Gasteiger partial charge in [0.25, 0.3) is 0 Å². The van der Waals surface area contributed by atoms with Gasteiger partial charge in [0, 0.05) is 34.3 Å². The summed E-state index contributed by atoms with van der Waals surface area (Å²) in [6.45, 7) is 12.9. The van der Waals surface area contributed by atoms with Crippen LogP contribution in [-0.4, -0.2) is 13.2 Å². The number of hydrogen-bond acceptors (Lipinski definition) is 1. The maximum Gasteiger partial charge on any atom is 0.0464 e. The summed E-state index contributed by atoms with van der Waals surface area (Å²) in [7, 11) is 0. The Bertz CT molecular complexity index is 116. The Balaban J connectivity index is 0. The topological polar surface area (TPSA) is 9.23 Å². The van der Waals surface area contributed by atoms with Gasteiger partial charge in [0.2, 0.25) is 0 Å². The second kappa shape index (κ2) is 8.92. The molecule has 0 fully saturated rings. The van der Waals surface area contributed by atoms with Crippen LogP contribution in [0.25, 0.3) is 0 Å². The molecule has 0 rings (SSSR count). The summed E-state index contributed by atoms with van der Waals surface area (Å²) in [4.78, 5) is 0. The van der Waals surface area contributed by atoms with Crippen LogP contribution in [0.5, 0.6) is 0 Å². The molecular formula is C12H25OW-. The third-order valence-corrected chi connectivity index (χ3v) is 1.96. The van der Waals surface area contributed by atoms with Gasteiger partial charge in [0.05, 0.1) is 0 Å². The first-order valence-corrected chi connectivity index (χ1v) is 5.28. The van der Waals surface area contributed by atoms with E-state index in [0.29, 0.717) is 5.41 Å². The van der Waals surface area contributed by atoms with Crippen LogP contribution in [0.15, 0.2) is 0 Å². The van der Waals surface area contributed by atoms with Crippen molar-refractivity contribution >= 4 is 0 Å². The van der Waals surface area contributed by atoms with E-state index < -0.39 is 0 Å². The van der Waals surface area contributed by atoms with Crippen molar-refractivity contribution in [3.8, 4) is 0 Å². The molecule has 0 aromatic rings. The van der Waals surface area contributed by atoms with Crippen molar-refractivity contribution in [1.82, 2.24) is 0 Å². The molecule has 14 heavy (non-hydrogen) atoms. The predicted molar refractivity (Wildman–Crippen MR) is 58.7 cm³/mol. The SMILES string of the molecule is C[C-](C)CCOCCCC(C)(C)C.[W]. The zero-order chi connectivity index (χ0) is 10.3. The monoisotopic (exact) mass is 369 g/mol. The van der Waals surface area contributed by atoms with Gasteiger partial charge in [-0.25, -0.2) is 0 Å². The Labute approximate surface area is 104 Å². The molecule has 0 saturated heterocycles. The molecule has 0 atom stereocenters. The summed E-state index contributed by atoms with van der Waals surface area (Å²) in [5, 5.41) is 0. The van der Waals surface area contributed by atoms with Crippen molar-refractivity contribution in [3.63, 3.8) is 0 Å². The van der Waals surface area contributed by atoms with Gasteiger partial charge >= 0.3 is 0 Å². The third-order valence-electron chi connectivity index (χ3n) is 1.96. The minimum Gasteiger partial charge on any atom is -0.384 e. The Morgan fingerprint density at radius 1 is 1.07 bits per heavy atom. The molecule has 0 aromatic heterocycles. The van der Waals surface area contributed by atoms with Crippen molar-refractivity contribution in [2.24, 2.45) is 5.41 Å². The maximum atomic E-state index is 5.52. The van der Waals surface area contributed by atoms with Gasteiger partial charge in [-0.05, 0) is 18.3 Å². The Kier molecular flexibility index (Phi) is 10.9. The van der Waals surface area contributed by atoms with Gasteiger partial charge in [-0.2, -0.15) is 20.3 Å². The molecule has 0 aliphatic heterocycles. The maximum absolute atomic E-state index is 5.52. The van der Waals surface area contributed by atoms with Gasteiger partial charge in [-0.15, -0.1) is 0 Å². The summed E-state index contributed by atoms with van der Waals surface area (Å²) < 4.78 is 5.52. The Hall–Kier alpha value is 0.648.